The van der Waals surface area contributed by atoms with Gasteiger partial charge < -0.3 is 10.0 Å². The molecule has 2 aromatic rings. The molecule has 1 N–H and O–H groups in total. The molecular formula is C16H15FN2O3S. The minimum absolute atomic E-state index is 0.330. The Morgan fingerprint density at radius 2 is 2.09 bits per heavy atom. The van der Waals surface area contributed by atoms with Gasteiger partial charge in [0.2, 0.25) is 0 Å². The molecule has 23 heavy (non-hydrogen) atoms. The summed E-state index contributed by atoms with van der Waals surface area (Å²) in [6.07, 6.45) is 3.43. The molecule has 1 atom stereocenters. The molecule has 0 radical (unpaired) electrons. The zero-order chi connectivity index (χ0) is 16.4. The van der Waals surface area contributed by atoms with E-state index in [4.69, 9.17) is 0 Å². The third-order valence-corrected chi connectivity index (χ3v) is 4.89. The molecule has 0 bridgehead atoms. The molecule has 0 aliphatic carbocycles. The molecule has 1 fully saturated rings. The lowest BCUT2D eigenvalue weighted by molar-refractivity contribution is -0.143. The number of likely N-dealkylation sites (tertiary alicyclic amines) is 1. The van der Waals surface area contributed by atoms with Gasteiger partial charge in [-0.2, -0.15) is 0 Å². The molecule has 1 amide bonds. The van der Waals surface area contributed by atoms with Crippen molar-refractivity contribution in [2.45, 2.75) is 25.3 Å². The number of nitrogens with zero attached hydrogens (tertiary/aromatic N) is 2. The number of carbonyl (C=O) groups excluding carboxylic acids is 1. The Bertz CT molecular complexity index is 746. The molecule has 0 spiro atoms. The summed E-state index contributed by atoms with van der Waals surface area (Å²) in [6.45, 7) is 0.419. The summed E-state index contributed by atoms with van der Waals surface area (Å²) in [5, 5.41) is 9.68. The van der Waals surface area contributed by atoms with Crippen LogP contribution in [-0.4, -0.2) is 39.5 Å². The molecule has 0 saturated carbocycles. The zero-order valence-corrected chi connectivity index (χ0v) is 13.1. The zero-order valence-electron chi connectivity index (χ0n) is 12.2. The number of hydrogen-bond donors (Lipinski definition) is 1. The number of amides is 1. The molecule has 3 rings (SSSR count). The number of aromatic nitrogens is 1. The van der Waals surface area contributed by atoms with Crippen molar-refractivity contribution in [1.29, 1.82) is 0 Å². The minimum Gasteiger partial charge on any atom is -0.480 e. The second-order valence-corrected chi connectivity index (χ2v) is 6.39. The Morgan fingerprint density at radius 1 is 1.30 bits per heavy atom. The summed E-state index contributed by atoms with van der Waals surface area (Å²) in [5.41, 5.74) is 0.338. The quantitative estimate of drug-likeness (QED) is 0.936. The number of piperidine rings is 1. The molecule has 7 heteroatoms. The van der Waals surface area contributed by atoms with Crippen molar-refractivity contribution in [3.05, 3.63) is 41.2 Å². The van der Waals surface area contributed by atoms with E-state index >= 15 is 0 Å². The summed E-state index contributed by atoms with van der Waals surface area (Å²) in [6, 6.07) is 5.43. The Morgan fingerprint density at radius 3 is 2.83 bits per heavy atom. The highest BCUT2D eigenvalue weighted by molar-refractivity contribution is 7.16. The van der Waals surface area contributed by atoms with Gasteiger partial charge in [0, 0.05) is 12.1 Å². The van der Waals surface area contributed by atoms with Crippen LogP contribution in [0.1, 0.15) is 28.9 Å². The molecular weight excluding hydrogens is 319 g/mol. The maximum absolute atomic E-state index is 13.8. The van der Waals surface area contributed by atoms with Gasteiger partial charge in [0.15, 0.2) is 0 Å². The lowest BCUT2D eigenvalue weighted by Gasteiger charge is -2.32. The molecule has 1 aliphatic rings. The number of carbonyl (C=O) groups is 2. The van der Waals surface area contributed by atoms with Crippen LogP contribution in [0.2, 0.25) is 0 Å². The number of carboxylic acid groups (broad SMARTS) is 1. The van der Waals surface area contributed by atoms with Crippen molar-refractivity contribution in [2.24, 2.45) is 0 Å². The highest BCUT2D eigenvalue weighted by Crippen LogP contribution is 2.29. The van der Waals surface area contributed by atoms with Gasteiger partial charge in [0.05, 0.1) is 6.20 Å². The number of thiazole rings is 1. The largest absolute Gasteiger partial charge is 0.480 e. The van der Waals surface area contributed by atoms with E-state index in [0.717, 1.165) is 24.2 Å². The summed E-state index contributed by atoms with van der Waals surface area (Å²) >= 11 is 1.08. The summed E-state index contributed by atoms with van der Waals surface area (Å²) in [5.74, 6) is -1.74. The van der Waals surface area contributed by atoms with E-state index in [0.29, 0.717) is 28.4 Å². The molecule has 2 heterocycles. The number of carboxylic acids is 1. The van der Waals surface area contributed by atoms with Crippen LogP contribution in [0, 0.1) is 5.82 Å². The lowest BCUT2D eigenvalue weighted by atomic mass is 10.0. The summed E-state index contributed by atoms with van der Waals surface area (Å²) < 4.78 is 13.8. The average molecular weight is 334 g/mol. The number of benzene rings is 1. The normalized spacial score (nSPS) is 18.0. The van der Waals surface area contributed by atoms with Crippen LogP contribution >= 0.6 is 11.3 Å². The van der Waals surface area contributed by atoms with Gasteiger partial charge in [0.1, 0.15) is 21.7 Å². The fraction of sp³-hybridized carbons (Fsp3) is 0.312. The van der Waals surface area contributed by atoms with Crippen molar-refractivity contribution in [3.8, 4) is 10.6 Å². The van der Waals surface area contributed by atoms with E-state index < -0.39 is 17.8 Å². The maximum Gasteiger partial charge on any atom is 0.326 e. The fourth-order valence-corrected chi connectivity index (χ4v) is 3.60. The second kappa shape index (κ2) is 6.45. The van der Waals surface area contributed by atoms with Crippen molar-refractivity contribution in [2.75, 3.05) is 6.54 Å². The van der Waals surface area contributed by atoms with Crippen molar-refractivity contribution in [1.82, 2.24) is 9.88 Å². The molecule has 120 valence electrons. The van der Waals surface area contributed by atoms with Crippen LogP contribution < -0.4 is 0 Å². The Hall–Kier alpha value is -2.28. The van der Waals surface area contributed by atoms with Gasteiger partial charge >= 0.3 is 5.97 Å². The number of aliphatic carboxylic acids is 1. The Balaban J connectivity index is 1.86. The predicted octanol–water partition coefficient (Wildman–Crippen LogP) is 3.03. The molecule has 1 unspecified atom stereocenters. The monoisotopic (exact) mass is 334 g/mol. The molecule has 1 saturated heterocycles. The molecule has 5 nitrogen and oxygen atoms in total. The molecule has 1 aromatic heterocycles. The summed E-state index contributed by atoms with van der Waals surface area (Å²) in [7, 11) is 0. The maximum atomic E-state index is 13.8. The van der Waals surface area contributed by atoms with Crippen LogP contribution in [0.25, 0.3) is 10.6 Å². The Labute approximate surface area is 136 Å². The predicted molar refractivity (Wildman–Crippen MR) is 83.8 cm³/mol. The molecule has 1 aliphatic heterocycles. The number of hydrogen-bond acceptors (Lipinski definition) is 4. The first-order chi connectivity index (χ1) is 11.1. The first-order valence-corrected chi connectivity index (χ1v) is 8.14. The molecule has 1 aromatic carbocycles. The van der Waals surface area contributed by atoms with E-state index in [1.54, 1.807) is 18.2 Å². The van der Waals surface area contributed by atoms with E-state index in [1.807, 2.05) is 0 Å². The van der Waals surface area contributed by atoms with Crippen LogP contribution in [0.3, 0.4) is 0 Å². The third kappa shape index (κ3) is 3.10. The highest BCUT2D eigenvalue weighted by atomic mass is 32.1. The second-order valence-electron chi connectivity index (χ2n) is 5.36. The first-order valence-electron chi connectivity index (χ1n) is 7.32. The van der Waals surface area contributed by atoms with Crippen molar-refractivity contribution in [3.63, 3.8) is 0 Å². The van der Waals surface area contributed by atoms with E-state index in [-0.39, 0.29) is 5.91 Å². The van der Waals surface area contributed by atoms with E-state index in [1.165, 1.54) is 17.2 Å². The van der Waals surface area contributed by atoms with Gasteiger partial charge in [-0.15, -0.1) is 11.3 Å². The van der Waals surface area contributed by atoms with Gasteiger partial charge in [-0.25, -0.2) is 14.2 Å². The first kappa shape index (κ1) is 15.6. The van der Waals surface area contributed by atoms with Gasteiger partial charge in [0.25, 0.3) is 5.91 Å². The van der Waals surface area contributed by atoms with Crippen LogP contribution in [-0.2, 0) is 4.79 Å². The number of halogens is 1. The standard InChI is InChI=1S/C16H15FN2O3S/c17-11-6-2-1-5-10(11)14-18-9-13(23-14)15(20)19-8-4-3-7-12(19)16(21)22/h1-2,5-6,9,12H,3-4,7-8H2,(H,21,22). The van der Waals surface area contributed by atoms with Crippen LogP contribution in [0.5, 0.6) is 0 Å². The Kier molecular flexibility index (Phi) is 4.38. The average Bonchev–Trinajstić information content (AvgIpc) is 3.04. The SMILES string of the molecule is O=C(O)C1CCCCN1C(=O)c1cnc(-c2ccccc2F)s1. The van der Waals surface area contributed by atoms with Crippen LogP contribution in [0.4, 0.5) is 4.39 Å². The fourth-order valence-electron chi connectivity index (χ4n) is 2.71. The smallest absolute Gasteiger partial charge is 0.326 e. The van der Waals surface area contributed by atoms with Gasteiger partial charge in [-0.05, 0) is 31.4 Å². The van der Waals surface area contributed by atoms with E-state index in [9.17, 15) is 19.1 Å². The van der Waals surface area contributed by atoms with E-state index in [2.05, 4.69) is 4.98 Å². The minimum atomic E-state index is -0.989. The topological polar surface area (TPSA) is 70.5 Å². The van der Waals surface area contributed by atoms with Crippen LogP contribution in [0.15, 0.2) is 30.5 Å². The highest BCUT2D eigenvalue weighted by Gasteiger charge is 2.33. The van der Waals surface area contributed by atoms with Crippen molar-refractivity contribution >= 4 is 23.2 Å². The van der Waals surface area contributed by atoms with Gasteiger partial charge in [-0.1, -0.05) is 12.1 Å². The summed E-state index contributed by atoms with van der Waals surface area (Å²) in [4.78, 5) is 29.7. The van der Waals surface area contributed by atoms with Gasteiger partial charge in [-0.3, -0.25) is 4.79 Å². The lowest BCUT2D eigenvalue weighted by Crippen LogP contribution is -2.47. The third-order valence-electron chi connectivity index (χ3n) is 3.87. The number of rotatable bonds is 3. The van der Waals surface area contributed by atoms with Crippen molar-refractivity contribution < 1.29 is 19.1 Å².